The van der Waals surface area contributed by atoms with Crippen LogP contribution < -0.4 is 5.73 Å². The van der Waals surface area contributed by atoms with Crippen LogP contribution in [0.4, 0.5) is 6.01 Å². The number of hydrogen-bond donors (Lipinski definition) is 1. The molecule has 3 rings (SSSR count). The Kier molecular flexibility index (Phi) is 2.52. The number of hydrogen-bond acceptors (Lipinski definition) is 3. The molecule has 0 amide bonds. The maximum Gasteiger partial charge on any atom is 0.292 e. The molecule has 0 bridgehead atoms. The Morgan fingerprint density at radius 3 is 2.67 bits per heavy atom. The number of benzene rings is 2. The van der Waals surface area contributed by atoms with E-state index in [9.17, 15) is 0 Å². The molecule has 0 spiro atoms. The molecule has 3 heteroatoms. The largest absolute Gasteiger partial charge is 0.428 e. The number of nitrogens with zero attached hydrogens (tertiary/aromatic N) is 1. The Labute approximate surface area is 105 Å². The van der Waals surface area contributed by atoms with Gasteiger partial charge >= 0.3 is 0 Å². The average Bonchev–Trinajstić information content (AvgIpc) is 2.79. The topological polar surface area (TPSA) is 52.0 Å². The minimum atomic E-state index is 0.231. The minimum absolute atomic E-state index is 0.231. The molecule has 3 nitrogen and oxygen atoms in total. The summed E-state index contributed by atoms with van der Waals surface area (Å²) in [4.78, 5) is 4.27. The number of nitrogens with two attached hydrogens (primary N) is 1. The van der Waals surface area contributed by atoms with E-state index in [4.69, 9.17) is 10.2 Å². The number of nitrogen functional groups attached to an aromatic ring is 1. The highest BCUT2D eigenvalue weighted by molar-refractivity contribution is 5.87. The average molecular weight is 238 g/mol. The van der Waals surface area contributed by atoms with Gasteiger partial charge in [0.25, 0.3) is 6.01 Å². The van der Waals surface area contributed by atoms with Gasteiger partial charge in [-0.3, -0.25) is 0 Å². The minimum Gasteiger partial charge on any atom is -0.428 e. The molecule has 1 heterocycles. The third kappa shape index (κ3) is 1.74. The highest BCUT2D eigenvalue weighted by atomic mass is 16.4. The smallest absolute Gasteiger partial charge is 0.292 e. The van der Waals surface area contributed by atoms with E-state index in [-0.39, 0.29) is 6.01 Å². The first-order chi connectivity index (χ1) is 8.78. The van der Waals surface area contributed by atoms with Crippen molar-refractivity contribution in [3.05, 3.63) is 48.2 Å². The van der Waals surface area contributed by atoms with Crippen LogP contribution in [0, 0.1) is 0 Å². The van der Waals surface area contributed by atoms with E-state index in [2.05, 4.69) is 35.3 Å². The highest BCUT2D eigenvalue weighted by Gasteiger charge is 2.12. The first kappa shape index (κ1) is 10.8. The summed E-state index contributed by atoms with van der Waals surface area (Å²) >= 11 is 0. The number of fused-ring (bicyclic) bond motifs is 1. The lowest BCUT2D eigenvalue weighted by Gasteiger charge is -2.02. The van der Waals surface area contributed by atoms with Gasteiger partial charge in [0.1, 0.15) is 11.5 Å². The fourth-order valence-electron chi connectivity index (χ4n) is 2.17. The van der Waals surface area contributed by atoms with Crippen molar-refractivity contribution in [2.24, 2.45) is 0 Å². The summed E-state index contributed by atoms with van der Waals surface area (Å²) in [5, 5.41) is 2.41. The number of rotatable bonds is 2. The summed E-state index contributed by atoms with van der Waals surface area (Å²) in [5.41, 5.74) is 7.52. The Hall–Kier alpha value is -2.29. The zero-order chi connectivity index (χ0) is 12.5. The first-order valence-electron chi connectivity index (χ1n) is 6.02. The zero-order valence-electron chi connectivity index (χ0n) is 10.2. The van der Waals surface area contributed by atoms with Crippen LogP contribution in [0.5, 0.6) is 0 Å². The van der Waals surface area contributed by atoms with E-state index in [1.807, 2.05) is 19.1 Å². The Bertz CT molecular complexity index is 701. The summed E-state index contributed by atoms with van der Waals surface area (Å²) in [6.07, 6.45) is 0.784. The van der Waals surface area contributed by atoms with Gasteiger partial charge in [0.15, 0.2) is 0 Å². The lowest BCUT2D eigenvalue weighted by molar-refractivity contribution is 0.530. The molecule has 2 aromatic carbocycles. The van der Waals surface area contributed by atoms with Crippen molar-refractivity contribution in [1.82, 2.24) is 4.98 Å². The number of anilines is 1. The van der Waals surface area contributed by atoms with Crippen LogP contribution >= 0.6 is 0 Å². The lowest BCUT2D eigenvalue weighted by Crippen LogP contribution is -1.85. The molecule has 2 N–H and O–H groups in total. The first-order valence-corrected chi connectivity index (χ1v) is 6.02. The number of aryl methyl sites for hydroxylation is 1. The van der Waals surface area contributed by atoms with E-state index >= 15 is 0 Å². The molecule has 0 radical (unpaired) electrons. The predicted octanol–water partition coefficient (Wildman–Crippen LogP) is 3.64. The van der Waals surface area contributed by atoms with Crippen LogP contribution in [0.1, 0.15) is 12.7 Å². The summed E-state index contributed by atoms with van der Waals surface area (Å²) in [7, 11) is 0. The van der Waals surface area contributed by atoms with Gasteiger partial charge in [0.05, 0.1) is 0 Å². The van der Waals surface area contributed by atoms with Crippen molar-refractivity contribution >= 4 is 16.8 Å². The Morgan fingerprint density at radius 1 is 1.11 bits per heavy atom. The monoisotopic (exact) mass is 238 g/mol. The normalized spacial score (nSPS) is 10.9. The van der Waals surface area contributed by atoms with Crippen molar-refractivity contribution < 1.29 is 4.42 Å². The second kappa shape index (κ2) is 4.18. The predicted molar refractivity (Wildman–Crippen MR) is 73.2 cm³/mol. The molecule has 90 valence electrons. The second-order valence-corrected chi connectivity index (χ2v) is 4.24. The molecule has 0 saturated carbocycles. The summed E-state index contributed by atoms with van der Waals surface area (Å²) in [5.74, 6) is 0.836. The van der Waals surface area contributed by atoms with Gasteiger partial charge in [-0.25, -0.2) is 0 Å². The molecular formula is C15H14N2O. The van der Waals surface area contributed by atoms with Crippen molar-refractivity contribution in [1.29, 1.82) is 0 Å². The highest BCUT2D eigenvalue weighted by Crippen LogP contribution is 2.28. The Balaban J connectivity index is 2.18. The Morgan fingerprint density at radius 2 is 1.89 bits per heavy atom. The third-order valence-corrected chi connectivity index (χ3v) is 3.06. The molecule has 0 aliphatic rings. The van der Waals surface area contributed by atoms with E-state index < -0.39 is 0 Å². The van der Waals surface area contributed by atoms with Crippen LogP contribution in [0.3, 0.4) is 0 Å². The van der Waals surface area contributed by atoms with E-state index in [1.54, 1.807) is 0 Å². The molecule has 0 aliphatic heterocycles. The van der Waals surface area contributed by atoms with Gasteiger partial charge in [0, 0.05) is 12.0 Å². The van der Waals surface area contributed by atoms with Crippen molar-refractivity contribution in [3.63, 3.8) is 0 Å². The summed E-state index contributed by atoms with van der Waals surface area (Å²) in [6, 6.07) is 14.7. The fraction of sp³-hybridized carbons (Fsp3) is 0.133. The quantitative estimate of drug-likeness (QED) is 0.741. The molecule has 3 aromatic rings. The fourth-order valence-corrected chi connectivity index (χ4v) is 2.17. The molecule has 0 atom stereocenters. The molecule has 1 aromatic heterocycles. The van der Waals surface area contributed by atoms with Crippen molar-refractivity contribution in [2.45, 2.75) is 13.3 Å². The maximum absolute atomic E-state index is 5.63. The summed E-state index contributed by atoms with van der Waals surface area (Å²) < 4.78 is 5.40. The van der Waals surface area contributed by atoms with Crippen molar-refractivity contribution in [3.8, 4) is 11.3 Å². The van der Waals surface area contributed by atoms with E-state index in [1.165, 1.54) is 10.8 Å². The second-order valence-electron chi connectivity index (χ2n) is 4.24. The molecular weight excluding hydrogens is 224 g/mol. The third-order valence-electron chi connectivity index (χ3n) is 3.06. The van der Waals surface area contributed by atoms with Crippen LogP contribution in [-0.4, -0.2) is 4.98 Å². The SMILES string of the molecule is CCc1oc(N)nc1-c1ccc2ccccc2c1. The van der Waals surface area contributed by atoms with Gasteiger partial charge in [-0.05, 0) is 16.8 Å². The van der Waals surface area contributed by atoms with Gasteiger partial charge in [-0.2, -0.15) is 4.98 Å². The van der Waals surface area contributed by atoms with E-state index in [0.29, 0.717) is 0 Å². The van der Waals surface area contributed by atoms with Crippen LogP contribution in [0.2, 0.25) is 0 Å². The van der Waals surface area contributed by atoms with Gasteiger partial charge in [0.2, 0.25) is 0 Å². The van der Waals surface area contributed by atoms with Gasteiger partial charge in [-0.1, -0.05) is 43.3 Å². The standard InChI is InChI=1S/C15H14N2O/c1-2-13-14(17-15(16)18-13)12-8-7-10-5-3-4-6-11(10)9-12/h3-9H,2H2,1H3,(H2,16,17). The van der Waals surface area contributed by atoms with E-state index in [0.717, 1.165) is 23.4 Å². The van der Waals surface area contributed by atoms with Gasteiger partial charge in [-0.15, -0.1) is 0 Å². The number of oxazole rings is 1. The van der Waals surface area contributed by atoms with Crippen LogP contribution in [-0.2, 0) is 6.42 Å². The van der Waals surface area contributed by atoms with Gasteiger partial charge < -0.3 is 10.2 Å². The molecule has 0 aliphatic carbocycles. The zero-order valence-corrected chi connectivity index (χ0v) is 10.2. The molecule has 0 fully saturated rings. The maximum atomic E-state index is 5.63. The molecule has 18 heavy (non-hydrogen) atoms. The van der Waals surface area contributed by atoms with Crippen LogP contribution in [0.25, 0.3) is 22.0 Å². The number of aromatic nitrogens is 1. The summed E-state index contributed by atoms with van der Waals surface area (Å²) in [6.45, 7) is 2.03. The van der Waals surface area contributed by atoms with Crippen LogP contribution in [0.15, 0.2) is 46.9 Å². The lowest BCUT2D eigenvalue weighted by atomic mass is 10.0. The molecule has 0 unspecified atom stereocenters. The van der Waals surface area contributed by atoms with Crippen molar-refractivity contribution in [2.75, 3.05) is 5.73 Å². The molecule has 0 saturated heterocycles.